The van der Waals surface area contributed by atoms with Crippen LogP contribution in [0.25, 0.3) is 0 Å². The fraction of sp³-hybridized carbons (Fsp3) is 0.850. The van der Waals surface area contributed by atoms with Crippen LogP contribution in [0, 0.1) is 0 Å². The first kappa shape index (κ1) is 44.8. The van der Waals surface area contributed by atoms with Crippen LogP contribution in [0.2, 0.25) is 0 Å². The monoisotopic (exact) mass is 666 g/mol. The van der Waals surface area contributed by atoms with Crippen molar-refractivity contribution in [2.45, 2.75) is 168 Å². The van der Waals surface area contributed by atoms with Crippen molar-refractivity contribution in [3.63, 3.8) is 0 Å². The van der Waals surface area contributed by atoms with Gasteiger partial charge in [0.25, 0.3) is 0 Å². The van der Waals surface area contributed by atoms with Crippen LogP contribution in [0.1, 0.15) is 168 Å². The van der Waals surface area contributed by atoms with Gasteiger partial charge in [-0.05, 0) is 103 Å². The number of carbonyl (C=O) groups excluding carboxylic acids is 2. The number of allylic oxidation sites excluding steroid dienone is 2. The molecule has 0 spiro atoms. The molecular formula is C40H76NO4P. The molecule has 0 heterocycles. The van der Waals surface area contributed by atoms with Crippen molar-refractivity contribution >= 4 is 19.9 Å². The van der Waals surface area contributed by atoms with Crippen molar-refractivity contribution in [2.24, 2.45) is 0 Å². The highest BCUT2D eigenvalue weighted by Gasteiger charge is 2.09. The minimum Gasteiger partial charge on any atom is -0.461 e. The minimum absolute atomic E-state index is 0.0481. The van der Waals surface area contributed by atoms with Gasteiger partial charge in [0.15, 0.2) is 0 Å². The third-order valence-electron chi connectivity index (χ3n) is 8.50. The van der Waals surface area contributed by atoms with Crippen LogP contribution in [0.4, 0.5) is 0 Å². The first-order valence-corrected chi connectivity index (χ1v) is 21.4. The molecule has 0 radical (unpaired) electrons. The molecule has 0 unspecified atom stereocenters. The molecule has 0 aliphatic rings. The molecule has 0 saturated carbocycles. The average Bonchev–Trinajstić information content (AvgIpc) is 3.04. The lowest BCUT2D eigenvalue weighted by Crippen LogP contribution is -2.13. The molecule has 6 heteroatoms. The standard InChI is InChI=1S/C40H76NO4P/c1-5-7-9-11-13-19-26-34-44-39(42)31-23-17-15-21-28-36-46(38-30-25-33-41(3)4)37-29-22-16-18-24-32-40(43)45-35-27-20-14-12-10-8-6-2/h19-20,26-27H,5-18,21-25,28-38H2,1-4H3/b26-19+,27-20+. The van der Waals surface area contributed by atoms with E-state index in [9.17, 15) is 9.59 Å². The van der Waals surface area contributed by atoms with Crippen LogP contribution < -0.4 is 0 Å². The van der Waals surface area contributed by atoms with Crippen LogP contribution in [0.5, 0.6) is 0 Å². The fourth-order valence-corrected chi connectivity index (χ4v) is 8.23. The second-order valence-corrected chi connectivity index (χ2v) is 16.1. The lowest BCUT2D eigenvalue weighted by atomic mass is 10.1. The molecule has 5 nitrogen and oxygen atoms in total. The molecule has 0 saturated heterocycles. The van der Waals surface area contributed by atoms with Gasteiger partial charge in [-0.2, -0.15) is 0 Å². The van der Waals surface area contributed by atoms with E-state index >= 15 is 0 Å². The number of ether oxygens (including phenoxy) is 2. The number of nitrogens with zero attached hydrogens (tertiary/aromatic N) is 1. The molecular weight excluding hydrogens is 589 g/mol. The molecule has 0 aliphatic heterocycles. The number of unbranched alkanes of at least 4 members (excludes halogenated alkanes) is 17. The van der Waals surface area contributed by atoms with Gasteiger partial charge in [-0.15, -0.1) is 7.92 Å². The Kier molecular flexibility index (Phi) is 35.7. The molecule has 0 atom stereocenters. The highest BCUT2D eigenvalue weighted by molar-refractivity contribution is 7.57. The first-order valence-electron chi connectivity index (χ1n) is 19.5. The zero-order valence-electron chi connectivity index (χ0n) is 31.1. The molecule has 0 aromatic heterocycles. The number of carbonyl (C=O) groups is 2. The highest BCUT2D eigenvalue weighted by Crippen LogP contribution is 2.39. The van der Waals surface area contributed by atoms with E-state index in [2.05, 4.69) is 45.0 Å². The number of hydrogen-bond donors (Lipinski definition) is 0. The normalized spacial score (nSPS) is 11.9. The maximum absolute atomic E-state index is 12.0. The van der Waals surface area contributed by atoms with Crippen molar-refractivity contribution < 1.29 is 19.1 Å². The molecule has 0 aromatic carbocycles. The third kappa shape index (κ3) is 35.7. The van der Waals surface area contributed by atoms with E-state index in [4.69, 9.17) is 9.47 Å². The molecule has 0 rings (SSSR count). The maximum Gasteiger partial charge on any atom is 0.306 e. The van der Waals surface area contributed by atoms with Crippen LogP contribution in [0.3, 0.4) is 0 Å². The topological polar surface area (TPSA) is 55.8 Å². The molecule has 0 aliphatic carbocycles. The summed E-state index contributed by atoms with van der Waals surface area (Å²) in [7, 11) is 4.47. The van der Waals surface area contributed by atoms with Crippen LogP contribution in [-0.2, 0) is 19.1 Å². The van der Waals surface area contributed by atoms with Gasteiger partial charge in [0, 0.05) is 12.8 Å². The zero-order chi connectivity index (χ0) is 33.8. The van der Waals surface area contributed by atoms with E-state index in [-0.39, 0.29) is 19.9 Å². The van der Waals surface area contributed by atoms with Gasteiger partial charge in [0.2, 0.25) is 0 Å². The van der Waals surface area contributed by atoms with Crippen molar-refractivity contribution in [3.05, 3.63) is 24.3 Å². The highest BCUT2D eigenvalue weighted by atomic mass is 31.1. The Labute approximate surface area is 287 Å². The van der Waals surface area contributed by atoms with E-state index in [0.717, 1.165) is 38.5 Å². The van der Waals surface area contributed by atoms with Gasteiger partial charge in [0.05, 0.1) is 0 Å². The first-order chi connectivity index (χ1) is 22.5. The van der Waals surface area contributed by atoms with Gasteiger partial charge in [-0.1, -0.05) is 115 Å². The Morgan fingerprint density at radius 2 is 0.891 bits per heavy atom. The fourth-order valence-electron chi connectivity index (χ4n) is 5.55. The Morgan fingerprint density at radius 1 is 0.500 bits per heavy atom. The smallest absolute Gasteiger partial charge is 0.306 e. The third-order valence-corrected chi connectivity index (χ3v) is 11.3. The van der Waals surface area contributed by atoms with Crippen molar-refractivity contribution in [1.82, 2.24) is 4.90 Å². The Balaban J connectivity index is 3.93. The lowest BCUT2D eigenvalue weighted by Gasteiger charge is -2.18. The second-order valence-electron chi connectivity index (χ2n) is 13.4. The summed E-state index contributed by atoms with van der Waals surface area (Å²) in [6.07, 6.45) is 40.5. The number of rotatable bonds is 35. The number of esters is 2. The predicted molar refractivity (Wildman–Crippen MR) is 202 cm³/mol. The molecule has 0 aromatic rings. The molecule has 270 valence electrons. The molecule has 0 N–H and O–H groups in total. The van der Waals surface area contributed by atoms with Crippen molar-refractivity contribution in [2.75, 3.05) is 52.3 Å². The van der Waals surface area contributed by atoms with Crippen LogP contribution >= 0.6 is 7.92 Å². The molecule has 46 heavy (non-hydrogen) atoms. The van der Waals surface area contributed by atoms with Crippen molar-refractivity contribution in [3.8, 4) is 0 Å². The number of hydrogen-bond acceptors (Lipinski definition) is 5. The largest absolute Gasteiger partial charge is 0.461 e. The second kappa shape index (κ2) is 36.6. The molecule has 0 amide bonds. The summed E-state index contributed by atoms with van der Waals surface area (Å²) < 4.78 is 10.7. The summed E-state index contributed by atoms with van der Waals surface area (Å²) in [6.45, 7) is 6.51. The minimum atomic E-state index is -0.0481. The summed E-state index contributed by atoms with van der Waals surface area (Å²) >= 11 is 0. The predicted octanol–water partition coefficient (Wildman–Crippen LogP) is 11.6. The zero-order valence-corrected chi connectivity index (χ0v) is 31.9. The van der Waals surface area contributed by atoms with Gasteiger partial charge in [0.1, 0.15) is 13.2 Å². The van der Waals surface area contributed by atoms with Crippen LogP contribution in [0.15, 0.2) is 24.3 Å². The summed E-state index contributed by atoms with van der Waals surface area (Å²) in [6, 6.07) is 0. The van der Waals surface area contributed by atoms with E-state index < -0.39 is 0 Å². The van der Waals surface area contributed by atoms with Gasteiger partial charge in [-0.25, -0.2) is 0 Å². The van der Waals surface area contributed by atoms with E-state index in [1.165, 1.54) is 128 Å². The molecule has 0 fully saturated rings. The van der Waals surface area contributed by atoms with Crippen molar-refractivity contribution in [1.29, 1.82) is 0 Å². The molecule has 0 bridgehead atoms. The summed E-state index contributed by atoms with van der Waals surface area (Å²) in [4.78, 5) is 26.3. The summed E-state index contributed by atoms with van der Waals surface area (Å²) in [5.74, 6) is -0.0962. The SMILES string of the molecule is CCCCCC/C=C/COC(=O)CCCCCCCP(CCCCCCCC(=O)OC/C=C/CCCCCC)CCCCN(C)C. The Morgan fingerprint density at radius 3 is 1.33 bits per heavy atom. The average molecular weight is 666 g/mol. The Bertz CT molecular complexity index is 672. The van der Waals surface area contributed by atoms with E-state index in [1.807, 2.05) is 12.2 Å². The van der Waals surface area contributed by atoms with Gasteiger partial charge >= 0.3 is 11.9 Å². The summed E-state index contributed by atoms with van der Waals surface area (Å²) in [5.41, 5.74) is 0. The van der Waals surface area contributed by atoms with Gasteiger partial charge < -0.3 is 14.4 Å². The van der Waals surface area contributed by atoms with Crippen LogP contribution in [-0.4, -0.2) is 69.2 Å². The maximum atomic E-state index is 12.0. The van der Waals surface area contributed by atoms with E-state index in [1.54, 1.807) is 0 Å². The van der Waals surface area contributed by atoms with E-state index in [0.29, 0.717) is 26.1 Å². The summed E-state index contributed by atoms with van der Waals surface area (Å²) in [5, 5.41) is 0. The quantitative estimate of drug-likeness (QED) is 0.0292. The van der Waals surface area contributed by atoms with Gasteiger partial charge in [-0.3, -0.25) is 9.59 Å². The Hall–Kier alpha value is -1.19. The lowest BCUT2D eigenvalue weighted by molar-refractivity contribution is -0.143.